The van der Waals surface area contributed by atoms with Crippen LogP contribution in [-0.2, 0) is 6.18 Å². The second-order valence-corrected chi connectivity index (χ2v) is 4.94. The highest BCUT2D eigenvalue weighted by Crippen LogP contribution is 2.30. The van der Waals surface area contributed by atoms with Crippen molar-refractivity contribution in [3.63, 3.8) is 0 Å². The number of hydrogen-bond donors (Lipinski definition) is 3. The number of anilines is 3. The first-order valence-corrected chi connectivity index (χ1v) is 6.83. The minimum atomic E-state index is -4.45. The van der Waals surface area contributed by atoms with Gasteiger partial charge < -0.3 is 16.0 Å². The SMILES string of the molecule is CNc1cc(NC(=O)Nc2cccc(C(F)(F)F)c2)ccc1C. The zero-order chi connectivity index (χ0) is 17.0. The maximum absolute atomic E-state index is 12.6. The lowest BCUT2D eigenvalue weighted by Gasteiger charge is -2.12. The van der Waals surface area contributed by atoms with Crippen LogP contribution in [0.1, 0.15) is 11.1 Å². The first kappa shape index (κ1) is 16.7. The van der Waals surface area contributed by atoms with E-state index in [2.05, 4.69) is 16.0 Å². The van der Waals surface area contributed by atoms with Gasteiger partial charge in [0.2, 0.25) is 0 Å². The molecule has 2 amide bonds. The number of urea groups is 1. The molecule has 0 aliphatic heterocycles. The molecule has 0 unspecified atom stereocenters. The van der Waals surface area contributed by atoms with E-state index in [0.717, 1.165) is 23.4 Å². The molecule has 2 rings (SSSR count). The highest BCUT2D eigenvalue weighted by atomic mass is 19.4. The van der Waals surface area contributed by atoms with Gasteiger partial charge in [-0.2, -0.15) is 13.2 Å². The number of halogens is 3. The molecule has 23 heavy (non-hydrogen) atoms. The summed E-state index contributed by atoms with van der Waals surface area (Å²) in [5.41, 5.74) is 1.64. The van der Waals surface area contributed by atoms with Gasteiger partial charge >= 0.3 is 12.2 Å². The fourth-order valence-electron chi connectivity index (χ4n) is 2.04. The fourth-order valence-corrected chi connectivity index (χ4v) is 2.04. The van der Waals surface area contributed by atoms with E-state index in [-0.39, 0.29) is 5.69 Å². The molecule has 0 spiro atoms. The van der Waals surface area contributed by atoms with Gasteiger partial charge in [-0.1, -0.05) is 12.1 Å². The van der Waals surface area contributed by atoms with Crippen LogP contribution in [0.2, 0.25) is 0 Å². The van der Waals surface area contributed by atoms with Crippen molar-refractivity contribution in [1.29, 1.82) is 0 Å². The molecule has 3 N–H and O–H groups in total. The van der Waals surface area contributed by atoms with Gasteiger partial charge in [0, 0.05) is 24.1 Å². The number of nitrogens with one attached hydrogen (secondary N) is 3. The summed E-state index contributed by atoms with van der Waals surface area (Å²) in [6.07, 6.45) is -4.45. The monoisotopic (exact) mass is 323 g/mol. The summed E-state index contributed by atoms with van der Waals surface area (Å²) < 4.78 is 37.9. The van der Waals surface area contributed by atoms with Gasteiger partial charge in [-0.25, -0.2) is 4.79 Å². The van der Waals surface area contributed by atoms with Crippen molar-refractivity contribution in [3.8, 4) is 0 Å². The summed E-state index contributed by atoms with van der Waals surface area (Å²) in [5.74, 6) is 0. The molecule has 122 valence electrons. The highest BCUT2D eigenvalue weighted by Gasteiger charge is 2.30. The van der Waals surface area contributed by atoms with Crippen LogP contribution < -0.4 is 16.0 Å². The summed E-state index contributed by atoms with van der Waals surface area (Å²) in [6, 6.07) is 9.12. The Bertz CT molecular complexity index is 714. The maximum Gasteiger partial charge on any atom is 0.416 e. The fraction of sp³-hybridized carbons (Fsp3) is 0.188. The molecule has 2 aromatic carbocycles. The van der Waals surface area contributed by atoms with Gasteiger partial charge in [-0.15, -0.1) is 0 Å². The normalized spacial score (nSPS) is 11.0. The number of aryl methyl sites for hydroxylation is 1. The number of carbonyl (C=O) groups excluding carboxylic acids is 1. The van der Waals surface area contributed by atoms with Crippen LogP contribution in [0.3, 0.4) is 0 Å². The Kier molecular flexibility index (Phi) is 4.78. The third-order valence-electron chi connectivity index (χ3n) is 3.21. The van der Waals surface area contributed by atoms with Crippen molar-refractivity contribution in [2.75, 3.05) is 23.0 Å². The molecule has 2 aromatic rings. The van der Waals surface area contributed by atoms with E-state index in [4.69, 9.17) is 0 Å². The Hall–Kier alpha value is -2.70. The van der Waals surface area contributed by atoms with Gasteiger partial charge in [-0.05, 0) is 42.8 Å². The average molecular weight is 323 g/mol. The van der Waals surface area contributed by atoms with Crippen LogP contribution in [0.5, 0.6) is 0 Å². The van der Waals surface area contributed by atoms with Crippen molar-refractivity contribution in [2.24, 2.45) is 0 Å². The molecule has 0 aliphatic carbocycles. The third kappa shape index (κ3) is 4.38. The molecular formula is C16H16F3N3O. The molecule has 0 aliphatic rings. The largest absolute Gasteiger partial charge is 0.416 e. The lowest BCUT2D eigenvalue weighted by atomic mass is 10.2. The number of benzene rings is 2. The van der Waals surface area contributed by atoms with E-state index in [1.165, 1.54) is 12.1 Å². The van der Waals surface area contributed by atoms with E-state index in [1.54, 1.807) is 19.2 Å². The Morgan fingerprint density at radius 1 is 1.00 bits per heavy atom. The number of hydrogen-bond acceptors (Lipinski definition) is 2. The van der Waals surface area contributed by atoms with Crippen LogP contribution >= 0.6 is 0 Å². The summed E-state index contributed by atoms with van der Waals surface area (Å²) in [5, 5.41) is 7.95. The van der Waals surface area contributed by atoms with E-state index >= 15 is 0 Å². The molecule has 0 heterocycles. The van der Waals surface area contributed by atoms with Crippen molar-refractivity contribution < 1.29 is 18.0 Å². The highest BCUT2D eigenvalue weighted by molar-refractivity contribution is 6.00. The summed E-state index contributed by atoms with van der Waals surface area (Å²) in [7, 11) is 1.76. The molecule has 0 bridgehead atoms. The van der Waals surface area contributed by atoms with Gasteiger partial charge in [0.05, 0.1) is 5.56 Å². The Labute approximate surface area is 131 Å². The van der Waals surface area contributed by atoms with Crippen molar-refractivity contribution in [2.45, 2.75) is 13.1 Å². The molecule has 0 saturated carbocycles. The average Bonchev–Trinajstić information content (AvgIpc) is 2.48. The topological polar surface area (TPSA) is 53.2 Å². The number of carbonyl (C=O) groups is 1. The Morgan fingerprint density at radius 3 is 2.26 bits per heavy atom. The van der Waals surface area contributed by atoms with Crippen molar-refractivity contribution in [3.05, 3.63) is 53.6 Å². The van der Waals surface area contributed by atoms with Crippen LogP contribution in [-0.4, -0.2) is 13.1 Å². The van der Waals surface area contributed by atoms with E-state index in [0.29, 0.717) is 5.69 Å². The van der Waals surface area contributed by atoms with E-state index in [9.17, 15) is 18.0 Å². The van der Waals surface area contributed by atoms with Gasteiger partial charge in [0.1, 0.15) is 0 Å². The second-order valence-electron chi connectivity index (χ2n) is 4.94. The quantitative estimate of drug-likeness (QED) is 0.767. The predicted octanol–water partition coefficient (Wildman–Crippen LogP) is 4.70. The smallest absolute Gasteiger partial charge is 0.388 e. The maximum atomic E-state index is 12.6. The molecule has 0 aromatic heterocycles. The van der Waals surface area contributed by atoms with Crippen LogP contribution in [0.4, 0.5) is 35.0 Å². The molecule has 0 saturated heterocycles. The van der Waals surface area contributed by atoms with E-state index in [1.807, 2.05) is 13.0 Å². The van der Waals surface area contributed by atoms with Crippen molar-refractivity contribution in [1.82, 2.24) is 0 Å². The summed E-state index contributed by atoms with van der Waals surface area (Å²) >= 11 is 0. The second kappa shape index (κ2) is 6.60. The van der Waals surface area contributed by atoms with Gasteiger partial charge in [-0.3, -0.25) is 0 Å². The minimum absolute atomic E-state index is 0.0678. The number of amides is 2. The molecule has 0 fully saturated rings. The lowest BCUT2D eigenvalue weighted by Crippen LogP contribution is -2.20. The minimum Gasteiger partial charge on any atom is -0.388 e. The summed E-state index contributed by atoms with van der Waals surface area (Å²) in [6.45, 7) is 1.91. The standard InChI is InChI=1S/C16H16F3N3O/c1-10-6-7-13(9-14(10)20-2)22-15(23)21-12-5-3-4-11(8-12)16(17,18)19/h3-9,20H,1-2H3,(H2,21,22,23). The first-order valence-electron chi connectivity index (χ1n) is 6.83. The first-order chi connectivity index (χ1) is 10.8. The van der Waals surface area contributed by atoms with Crippen LogP contribution in [0.15, 0.2) is 42.5 Å². The number of alkyl halides is 3. The molecule has 0 atom stereocenters. The Balaban J connectivity index is 2.08. The molecule has 7 heteroatoms. The van der Waals surface area contributed by atoms with Gasteiger partial charge in [0.15, 0.2) is 0 Å². The lowest BCUT2D eigenvalue weighted by molar-refractivity contribution is -0.137. The summed E-state index contributed by atoms with van der Waals surface area (Å²) in [4.78, 5) is 11.9. The van der Waals surface area contributed by atoms with Gasteiger partial charge in [0.25, 0.3) is 0 Å². The molecule has 4 nitrogen and oxygen atoms in total. The van der Waals surface area contributed by atoms with Crippen molar-refractivity contribution >= 4 is 23.1 Å². The Morgan fingerprint density at radius 2 is 1.65 bits per heavy atom. The predicted molar refractivity (Wildman–Crippen MR) is 84.8 cm³/mol. The number of rotatable bonds is 3. The van der Waals surface area contributed by atoms with Crippen LogP contribution in [0.25, 0.3) is 0 Å². The van der Waals surface area contributed by atoms with Crippen LogP contribution in [0, 0.1) is 6.92 Å². The zero-order valence-electron chi connectivity index (χ0n) is 12.6. The molecule has 0 radical (unpaired) electrons. The third-order valence-corrected chi connectivity index (χ3v) is 3.21. The molecular weight excluding hydrogens is 307 g/mol. The zero-order valence-corrected chi connectivity index (χ0v) is 12.6. The van der Waals surface area contributed by atoms with E-state index < -0.39 is 17.8 Å².